The first-order valence-corrected chi connectivity index (χ1v) is 5.91. The molecule has 0 amide bonds. The molecule has 1 aliphatic rings. The quantitative estimate of drug-likeness (QED) is 0.709. The highest BCUT2D eigenvalue weighted by Crippen LogP contribution is 2.23. The van der Waals surface area contributed by atoms with Crippen LogP contribution in [-0.4, -0.2) is 13.1 Å². The minimum absolute atomic E-state index is 0.850. The highest BCUT2D eigenvalue weighted by atomic mass is 14.9. The molecule has 0 aromatic carbocycles. The van der Waals surface area contributed by atoms with Crippen LogP contribution in [0.2, 0.25) is 0 Å². The summed E-state index contributed by atoms with van der Waals surface area (Å²) in [6.07, 6.45) is 5.68. The van der Waals surface area contributed by atoms with Crippen LogP contribution in [0, 0.1) is 17.8 Å². The van der Waals surface area contributed by atoms with E-state index >= 15 is 0 Å². The van der Waals surface area contributed by atoms with E-state index in [9.17, 15) is 0 Å². The van der Waals surface area contributed by atoms with Crippen molar-refractivity contribution in [3.63, 3.8) is 0 Å². The Labute approximate surface area is 83.3 Å². The van der Waals surface area contributed by atoms with Gasteiger partial charge in [-0.05, 0) is 50.1 Å². The highest BCUT2D eigenvalue weighted by Gasteiger charge is 2.16. The summed E-state index contributed by atoms with van der Waals surface area (Å²) >= 11 is 0. The van der Waals surface area contributed by atoms with Crippen molar-refractivity contribution in [3.8, 4) is 0 Å². The van der Waals surface area contributed by atoms with Gasteiger partial charge in [-0.3, -0.25) is 0 Å². The summed E-state index contributed by atoms with van der Waals surface area (Å²) in [5, 5.41) is 3.54. The Morgan fingerprint density at radius 2 is 2.00 bits per heavy atom. The number of nitrogens with one attached hydrogen (secondary N) is 1. The van der Waals surface area contributed by atoms with E-state index in [1.165, 1.54) is 38.8 Å². The lowest BCUT2D eigenvalue weighted by Gasteiger charge is -2.21. The number of hydrogen-bond acceptors (Lipinski definition) is 1. The van der Waals surface area contributed by atoms with Gasteiger partial charge < -0.3 is 5.32 Å². The molecule has 0 saturated carbocycles. The Kier molecular flexibility index (Phi) is 4.79. The van der Waals surface area contributed by atoms with Crippen molar-refractivity contribution in [1.82, 2.24) is 5.32 Å². The van der Waals surface area contributed by atoms with Crippen LogP contribution in [0.3, 0.4) is 0 Å². The van der Waals surface area contributed by atoms with Gasteiger partial charge in [0, 0.05) is 0 Å². The first-order valence-electron chi connectivity index (χ1n) is 5.91. The fourth-order valence-corrected chi connectivity index (χ4v) is 2.09. The summed E-state index contributed by atoms with van der Waals surface area (Å²) in [7, 11) is 0. The zero-order valence-corrected chi connectivity index (χ0v) is 9.47. The monoisotopic (exact) mass is 183 g/mol. The van der Waals surface area contributed by atoms with Crippen LogP contribution in [0.4, 0.5) is 0 Å². The van der Waals surface area contributed by atoms with Crippen LogP contribution in [0.1, 0.15) is 46.5 Å². The van der Waals surface area contributed by atoms with Crippen molar-refractivity contribution in [2.45, 2.75) is 46.5 Å². The second-order valence-electron chi connectivity index (χ2n) is 5.02. The first-order chi connectivity index (χ1) is 6.20. The summed E-state index contributed by atoms with van der Waals surface area (Å²) in [6.45, 7) is 9.59. The van der Waals surface area contributed by atoms with E-state index in [0.29, 0.717) is 0 Å². The largest absolute Gasteiger partial charge is 0.316 e. The molecule has 0 aromatic heterocycles. The molecule has 0 spiro atoms. The smallest absolute Gasteiger partial charge is 0.00204 e. The molecule has 2 unspecified atom stereocenters. The summed E-state index contributed by atoms with van der Waals surface area (Å²) in [5.41, 5.74) is 0. The minimum Gasteiger partial charge on any atom is -0.316 e. The molecule has 2 atom stereocenters. The van der Waals surface area contributed by atoms with E-state index in [2.05, 4.69) is 26.1 Å². The van der Waals surface area contributed by atoms with E-state index in [1.807, 2.05) is 0 Å². The van der Waals surface area contributed by atoms with E-state index in [0.717, 1.165) is 17.8 Å². The fourth-order valence-electron chi connectivity index (χ4n) is 2.09. The molecule has 1 aliphatic heterocycles. The molecular weight excluding hydrogens is 158 g/mol. The zero-order chi connectivity index (χ0) is 9.68. The zero-order valence-electron chi connectivity index (χ0n) is 9.47. The summed E-state index contributed by atoms with van der Waals surface area (Å²) in [5.74, 6) is 2.69. The molecule has 0 bridgehead atoms. The van der Waals surface area contributed by atoms with Gasteiger partial charge in [-0.25, -0.2) is 0 Å². The minimum atomic E-state index is 0.850. The van der Waals surface area contributed by atoms with Crippen molar-refractivity contribution in [2.24, 2.45) is 17.8 Å². The molecule has 1 nitrogen and oxygen atoms in total. The Morgan fingerprint density at radius 1 is 1.23 bits per heavy atom. The number of rotatable bonds is 3. The third-order valence-corrected chi connectivity index (χ3v) is 3.49. The number of hydrogen-bond donors (Lipinski definition) is 1. The highest BCUT2D eigenvalue weighted by molar-refractivity contribution is 4.71. The van der Waals surface area contributed by atoms with Gasteiger partial charge in [-0.15, -0.1) is 0 Å². The van der Waals surface area contributed by atoms with Crippen LogP contribution in [-0.2, 0) is 0 Å². The Morgan fingerprint density at radius 3 is 2.69 bits per heavy atom. The van der Waals surface area contributed by atoms with E-state index in [4.69, 9.17) is 0 Å². The summed E-state index contributed by atoms with van der Waals surface area (Å²) in [6, 6.07) is 0. The van der Waals surface area contributed by atoms with E-state index in [-0.39, 0.29) is 0 Å². The third-order valence-electron chi connectivity index (χ3n) is 3.49. The van der Waals surface area contributed by atoms with Crippen molar-refractivity contribution < 1.29 is 0 Å². The fraction of sp³-hybridized carbons (Fsp3) is 1.00. The Balaban J connectivity index is 2.25. The van der Waals surface area contributed by atoms with Gasteiger partial charge in [0.25, 0.3) is 0 Å². The van der Waals surface area contributed by atoms with Gasteiger partial charge in [-0.1, -0.05) is 27.2 Å². The molecule has 13 heavy (non-hydrogen) atoms. The Bertz CT molecular complexity index is 123. The van der Waals surface area contributed by atoms with Gasteiger partial charge in [0.05, 0.1) is 0 Å². The molecule has 1 N–H and O–H groups in total. The van der Waals surface area contributed by atoms with Gasteiger partial charge in [-0.2, -0.15) is 0 Å². The van der Waals surface area contributed by atoms with Crippen molar-refractivity contribution >= 4 is 0 Å². The average Bonchev–Trinajstić information content (AvgIpc) is 2.32. The van der Waals surface area contributed by atoms with Gasteiger partial charge in [0.2, 0.25) is 0 Å². The maximum Gasteiger partial charge on any atom is -0.00204 e. The molecule has 78 valence electrons. The van der Waals surface area contributed by atoms with Crippen molar-refractivity contribution in [3.05, 3.63) is 0 Å². The topological polar surface area (TPSA) is 12.0 Å². The maximum atomic E-state index is 3.54. The van der Waals surface area contributed by atoms with Crippen LogP contribution in [0.5, 0.6) is 0 Å². The van der Waals surface area contributed by atoms with Gasteiger partial charge >= 0.3 is 0 Å². The molecule has 1 fully saturated rings. The predicted molar refractivity (Wildman–Crippen MR) is 58.8 cm³/mol. The van der Waals surface area contributed by atoms with Crippen molar-refractivity contribution in [2.75, 3.05) is 13.1 Å². The van der Waals surface area contributed by atoms with Gasteiger partial charge in [0.15, 0.2) is 0 Å². The Hall–Kier alpha value is -0.0400. The molecule has 0 radical (unpaired) electrons. The van der Waals surface area contributed by atoms with Crippen LogP contribution >= 0.6 is 0 Å². The van der Waals surface area contributed by atoms with Gasteiger partial charge in [0.1, 0.15) is 0 Å². The molecule has 1 heterocycles. The molecule has 1 heteroatoms. The molecule has 1 saturated heterocycles. The predicted octanol–water partition coefficient (Wildman–Crippen LogP) is 3.06. The first kappa shape index (κ1) is 11.0. The SMILES string of the molecule is CC(C)C(C)CC1CCCCNC1. The second kappa shape index (κ2) is 5.64. The molecule has 0 aromatic rings. The molecule has 1 rings (SSSR count). The van der Waals surface area contributed by atoms with Crippen LogP contribution < -0.4 is 5.32 Å². The maximum absolute atomic E-state index is 3.54. The lowest BCUT2D eigenvalue weighted by molar-refractivity contribution is 0.306. The second-order valence-corrected chi connectivity index (χ2v) is 5.02. The lowest BCUT2D eigenvalue weighted by Crippen LogP contribution is -2.23. The normalized spacial score (nSPS) is 27.2. The molecule has 0 aliphatic carbocycles. The summed E-state index contributed by atoms with van der Waals surface area (Å²) in [4.78, 5) is 0. The van der Waals surface area contributed by atoms with Crippen LogP contribution in [0.25, 0.3) is 0 Å². The van der Waals surface area contributed by atoms with Crippen molar-refractivity contribution in [1.29, 1.82) is 0 Å². The summed E-state index contributed by atoms with van der Waals surface area (Å²) < 4.78 is 0. The molecular formula is C12H25N. The average molecular weight is 183 g/mol. The standard InChI is InChI=1S/C12H25N/c1-10(2)11(3)8-12-6-4-5-7-13-9-12/h10-13H,4-9H2,1-3H3. The van der Waals surface area contributed by atoms with E-state index < -0.39 is 0 Å². The van der Waals surface area contributed by atoms with Crippen LogP contribution in [0.15, 0.2) is 0 Å². The third kappa shape index (κ3) is 4.12. The van der Waals surface area contributed by atoms with E-state index in [1.54, 1.807) is 0 Å². The lowest BCUT2D eigenvalue weighted by atomic mass is 9.86.